The topological polar surface area (TPSA) is 87.6 Å². The van der Waals surface area contributed by atoms with Crippen LogP contribution in [0.5, 0.6) is 0 Å². The monoisotopic (exact) mass is 357 g/mol. The summed E-state index contributed by atoms with van der Waals surface area (Å²) in [5, 5.41) is 5.87. The number of nitrogens with one attached hydrogen (secondary N) is 2. The molecule has 1 atom stereocenters. The summed E-state index contributed by atoms with van der Waals surface area (Å²) in [6, 6.07) is 15.9. The van der Waals surface area contributed by atoms with Crippen molar-refractivity contribution >= 4 is 33.1 Å². The van der Waals surface area contributed by atoms with E-state index in [-0.39, 0.29) is 23.1 Å². The van der Waals surface area contributed by atoms with Crippen LogP contribution in [0.3, 0.4) is 0 Å². The van der Waals surface area contributed by atoms with Crippen LogP contribution in [0.1, 0.15) is 19.8 Å². The zero-order chi connectivity index (χ0) is 17.9. The Balaban J connectivity index is 1.63. The summed E-state index contributed by atoms with van der Waals surface area (Å²) in [6.45, 7) is 1.89. The summed E-state index contributed by atoms with van der Waals surface area (Å²) in [5.74, 6) is 0.188. The molecule has 25 heavy (non-hydrogen) atoms. The van der Waals surface area contributed by atoms with E-state index >= 15 is 0 Å². The molecule has 2 aromatic carbocycles. The second-order valence-corrected chi connectivity index (χ2v) is 7.63. The summed E-state index contributed by atoms with van der Waals surface area (Å²) in [6.07, 6.45) is 0.646. The fraction of sp³-hybridized carbons (Fsp3) is 0.222. The van der Waals surface area contributed by atoms with Crippen molar-refractivity contribution < 1.29 is 13.2 Å². The van der Waals surface area contributed by atoms with Crippen molar-refractivity contribution in [2.45, 2.75) is 24.7 Å². The third-order valence-corrected chi connectivity index (χ3v) is 5.18. The molecule has 130 valence electrons. The highest BCUT2D eigenvalue weighted by Gasteiger charge is 2.25. The number of carbonyl (C=O) groups is 1. The number of amidine groups is 1. The Kier molecular flexibility index (Phi) is 4.85. The van der Waals surface area contributed by atoms with Crippen LogP contribution in [0.2, 0.25) is 0 Å². The van der Waals surface area contributed by atoms with Gasteiger partial charge in [0, 0.05) is 18.5 Å². The molecule has 1 aliphatic heterocycles. The van der Waals surface area contributed by atoms with Gasteiger partial charge in [-0.05, 0) is 30.2 Å². The van der Waals surface area contributed by atoms with Crippen molar-refractivity contribution in [2.75, 3.05) is 10.6 Å². The fourth-order valence-corrected chi connectivity index (χ4v) is 3.86. The third-order valence-electron chi connectivity index (χ3n) is 3.81. The molecular formula is C18H19N3O3S. The van der Waals surface area contributed by atoms with E-state index in [4.69, 9.17) is 0 Å². The molecule has 0 aromatic heterocycles. The van der Waals surface area contributed by atoms with E-state index < -0.39 is 10.0 Å². The van der Waals surface area contributed by atoms with Gasteiger partial charge >= 0.3 is 0 Å². The summed E-state index contributed by atoms with van der Waals surface area (Å²) in [4.78, 5) is 12.3. The van der Waals surface area contributed by atoms with Crippen LogP contribution < -0.4 is 10.6 Å². The zero-order valence-electron chi connectivity index (χ0n) is 13.8. The quantitative estimate of drug-likeness (QED) is 0.860. The van der Waals surface area contributed by atoms with Crippen LogP contribution in [0.4, 0.5) is 11.4 Å². The summed E-state index contributed by atoms with van der Waals surface area (Å²) in [7, 11) is -3.69. The lowest BCUT2D eigenvalue weighted by atomic mass is 10.0. The number of amides is 1. The molecule has 1 aliphatic rings. The second kappa shape index (κ2) is 7.06. The third kappa shape index (κ3) is 4.24. The average molecular weight is 357 g/mol. The molecule has 1 unspecified atom stereocenters. The molecule has 1 heterocycles. The van der Waals surface area contributed by atoms with E-state index in [1.807, 2.05) is 37.3 Å². The van der Waals surface area contributed by atoms with Gasteiger partial charge in [-0.3, -0.25) is 4.79 Å². The molecule has 6 nitrogen and oxygen atoms in total. The van der Waals surface area contributed by atoms with Crippen LogP contribution in [0.15, 0.2) is 63.9 Å². The first-order chi connectivity index (χ1) is 11.9. The zero-order valence-corrected chi connectivity index (χ0v) is 14.6. The molecule has 0 bridgehead atoms. The molecule has 7 heteroatoms. The molecule has 0 aliphatic carbocycles. The van der Waals surface area contributed by atoms with Gasteiger partial charge in [0.1, 0.15) is 10.7 Å². The molecule has 0 fully saturated rings. The minimum atomic E-state index is -3.69. The first-order valence-electron chi connectivity index (χ1n) is 7.99. The molecule has 0 radical (unpaired) electrons. The number of para-hydroxylation sites is 2. The van der Waals surface area contributed by atoms with Gasteiger partial charge in [0.2, 0.25) is 5.91 Å². The number of anilines is 2. The summed E-state index contributed by atoms with van der Waals surface area (Å²) < 4.78 is 28.3. The van der Waals surface area contributed by atoms with Crippen LogP contribution in [-0.2, 0) is 14.8 Å². The number of fused-ring (bicyclic) bond motifs is 1. The fourth-order valence-electron chi connectivity index (χ4n) is 2.71. The Morgan fingerprint density at radius 3 is 2.56 bits per heavy atom. The van der Waals surface area contributed by atoms with Gasteiger partial charge in [0.05, 0.1) is 5.69 Å². The molecule has 2 N–H and O–H groups in total. The van der Waals surface area contributed by atoms with Gasteiger partial charge < -0.3 is 10.6 Å². The van der Waals surface area contributed by atoms with Crippen LogP contribution in [0, 0.1) is 5.92 Å². The molecule has 3 rings (SSSR count). The molecule has 0 spiro atoms. The maximum absolute atomic E-state index is 12.2. The van der Waals surface area contributed by atoms with Crippen molar-refractivity contribution in [2.24, 2.45) is 10.3 Å². The lowest BCUT2D eigenvalue weighted by molar-refractivity contribution is -0.116. The molecule has 2 aromatic rings. The van der Waals surface area contributed by atoms with Crippen molar-refractivity contribution in [3.05, 3.63) is 54.6 Å². The van der Waals surface area contributed by atoms with Crippen LogP contribution >= 0.6 is 0 Å². The predicted octanol–water partition coefficient (Wildman–Crippen LogP) is 3.25. The van der Waals surface area contributed by atoms with Gasteiger partial charge in [0.25, 0.3) is 10.0 Å². The Morgan fingerprint density at radius 1 is 1.12 bits per heavy atom. The maximum Gasteiger partial charge on any atom is 0.286 e. The standard InChI is InChI=1S/C18H19N3O3S/c1-13(12-18(22)19-14-7-3-2-4-8-14)11-17-20-15-9-5-6-10-16(15)25(23,24)21-17/h2-10,13H,11-12H2,1H3,(H,19,22)(H,20,21). The van der Waals surface area contributed by atoms with Crippen LogP contribution in [0.25, 0.3) is 0 Å². The lowest BCUT2D eigenvalue weighted by Gasteiger charge is -2.20. The molecule has 0 saturated heterocycles. The highest BCUT2D eigenvalue weighted by Crippen LogP contribution is 2.28. The average Bonchev–Trinajstić information content (AvgIpc) is 2.54. The summed E-state index contributed by atoms with van der Waals surface area (Å²) >= 11 is 0. The Bertz CT molecular complexity index is 908. The van der Waals surface area contributed by atoms with Gasteiger partial charge in [0.15, 0.2) is 0 Å². The molecular weight excluding hydrogens is 338 g/mol. The number of nitrogens with zero attached hydrogens (tertiary/aromatic N) is 1. The van der Waals surface area contributed by atoms with E-state index in [1.54, 1.807) is 18.2 Å². The number of hydrogen-bond acceptors (Lipinski definition) is 4. The first-order valence-corrected chi connectivity index (χ1v) is 9.43. The van der Waals surface area contributed by atoms with E-state index in [0.717, 1.165) is 5.69 Å². The number of carbonyl (C=O) groups excluding carboxylic acids is 1. The smallest absolute Gasteiger partial charge is 0.286 e. The minimum Gasteiger partial charge on any atom is -0.342 e. The van der Waals surface area contributed by atoms with Crippen molar-refractivity contribution in [1.82, 2.24) is 0 Å². The van der Waals surface area contributed by atoms with E-state index in [1.165, 1.54) is 6.07 Å². The second-order valence-electron chi connectivity index (χ2n) is 6.06. The Labute approximate surface area is 147 Å². The Hall–Kier alpha value is -2.67. The van der Waals surface area contributed by atoms with Crippen molar-refractivity contribution in [3.8, 4) is 0 Å². The van der Waals surface area contributed by atoms with Gasteiger partial charge in [-0.2, -0.15) is 8.42 Å². The largest absolute Gasteiger partial charge is 0.342 e. The first kappa shape index (κ1) is 17.2. The van der Waals surface area contributed by atoms with Crippen LogP contribution in [-0.4, -0.2) is 20.2 Å². The minimum absolute atomic E-state index is 0.0598. The molecule has 0 saturated carbocycles. The highest BCUT2D eigenvalue weighted by atomic mass is 32.2. The number of sulfonamides is 1. The SMILES string of the molecule is CC(CC(=O)Nc1ccccc1)CC1=NS(=O)(=O)c2ccccc2N1. The number of hydrogen-bond donors (Lipinski definition) is 2. The van der Waals surface area contributed by atoms with Crippen molar-refractivity contribution in [1.29, 1.82) is 0 Å². The lowest BCUT2D eigenvalue weighted by Crippen LogP contribution is -2.25. The maximum atomic E-state index is 12.2. The van der Waals surface area contributed by atoms with Gasteiger partial charge in [-0.15, -0.1) is 4.40 Å². The van der Waals surface area contributed by atoms with E-state index in [2.05, 4.69) is 15.0 Å². The van der Waals surface area contributed by atoms with E-state index in [9.17, 15) is 13.2 Å². The predicted molar refractivity (Wildman–Crippen MR) is 98.2 cm³/mol. The normalized spacial score (nSPS) is 16.1. The number of rotatable bonds is 5. The van der Waals surface area contributed by atoms with Gasteiger partial charge in [-0.1, -0.05) is 37.3 Å². The van der Waals surface area contributed by atoms with E-state index in [0.29, 0.717) is 17.9 Å². The summed E-state index contributed by atoms with van der Waals surface area (Å²) in [5.41, 5.74) is 1.26. The highest BCUT2D eigenvalue weighted by molar-refractivity contribution is 7.90. The van der Waals surface area contributed by atoms with Crippen molar-refractivity contribution in [3.63, 3.8) is 0 Å². The van der Waals surface area contributed by atoms with Gasteiger partial charge in [-0.25, -0.2) is 0 Å². The molecule has 1 amide bonds. The number of benzene rings is 2. The Morgan fingerprint density at radius 2 is 1.80 bits per heavy atom.